The number of halogens is 1. The number of hydrogen-bond donors (Lipinski definition) is 1. The lowest BCUT2D eigenvalue weighted by Crippen LogP contribution is -2.21. The van der Waals surface area contributed by atoms with Gasteiger partial charge in [0.15, 0.2) is 0 Å². The van der Waals surface area contributed by atoms with Gasteiger partial charge in [-0.15, -0.1) is 11.3 Å². The molecule has 0 saturated heterocycles. The van der Waals surface area contributed by atoms with Crippen LogP contribution in [-0.2, 0) is 0 Å². The van der Waals surface area contributed by atoms with Gasteiger partial charge in [-0.3, -0.25) is 0 Å². The van der Waals surface area contributed by atoms with E-state index >= 15 is 0 Å². The molecule has 1 aromatic heterocycles. The van der Waals surface area contributed by atoms with Gasteiger partial charge in [-0.25, -0.2) is 0 Å². The van der Waals surface area contributed by atoms with E-state index in [1.165, 1.54) is 21.6 Å². The third-order valence-electron chi connectivity index (χ3n) is 3.15. The smallest absolute Gasteiger partial charge is 0.0931 e. The van der Waals surface area contributed by atoms with Crippen LogP contribution in [0.5, 0.6) is 0 Å². The Kier molecular flexibility index (Phi) is 4.44. The summed E-state index contributed by atoms with van der Waals surface area (Å²) in [5.74, 6) is 0. The van der Waals surface area contributed by atoms with Crippen molar-refractivity contribution >= 4 is 22.9 Å². The van der Waals surface area contributed by atoms with E-state index in [-0.39, 0.29) is 6.04 Å². The minimum absolute atomic E-state index is 0.242. The van der Waals surface area contributed by atoms with Gasteiger partial charge in [0.2, 0.25) is 0 Å². The zero-order chi connectivity index (χ0) is 13.1. The second-order valence-corrected chi connectivity index (χ2v) is 6.22. The van der Waals surface area contributed by atoms with Gasteiger partial charge in [0.1, 0.15) is 0 Å². The Bertz CT molecular complexity index is 533. The number of aryl methyl sites for hydroxylation is 2. The molecule has 0 bridgehead atoms. The van der Waals surface area contributed by atoms with E-state index in [9.17, 15) is 0 Å². The summed E-state index contributed by atoms with van der Waals surface area (Å²) >= 11 is 7.68. The van der Waals surface area contributed by atoms with Crippen molar-refractivity contribution in [3.8, 4) is 0 Å². The maximum Gasteiger partial charge on any atom is 0.0931 e. The van der Waals surface area contributed by atoms with Crippen molar-refractivity contribution in [3.63, 3.8) is 0 Å². The van der Waals surface area contributed by atoms with E-state index in [1.54, 1.807) is 11.3 Å². The van der Waals surface area contributed by atoms with Crippen LogP contribution in [0.1, 0.15) is 34.5 Å². The van der Waals surface area contributed by atoms with Crippen LogP contribution < -0.4 is 5.32 Å². The molecule has 0 fully saturated rings. The van der Waals surface area contributed by atoms with E-state index in [0.29, 0.717) is 0 Å². The van der Waals surface area contributed by atoms with Crippen molar-refractivity contribution in [1.82, 2.24) is 5.32 Å². The third kappa shape index (κ3) is 2.94. The molecule has 0 aliphatic rings. The fourth-order valence-corrected chi connectivity index (χ4v) is 3.18. The standard InChI is InChI=1S/C15H18ClNS/c1-4-17-15(13-7-8-14(16)18-13)12-6-5-10(2)11(3)9-12/h5-9,15,17H,4H2,1-3H3. The van der Waals surface area contributed by atoms with Crippen LogP contribution in [0.15, 0.2) is 30.3 Å². The molecule has 1 unspecified atom stereocenters. The van der Waals surface area contributed by atoms with Crippen molar-refractivity contribution in [2.75, 3.05) is 6.54 Å². The highest BCUT2D eigenvalue weighted by molar-refractivity contribution is 7.16. The highest BCUT2D eigenvalue weighted by Gasteiger charge is 2.15. The summed E-state index contributed by atoms with van der Waals surface area (Å²) in [6.45, 7) is 7.36. The molecule has 0 aliphatic heterocycles. The number of hydrogen-bond acceptors (Lipinski definition) is 2. The van der Waals surface area contributed by atoms with Gasteiger partial charge in [0.05, 0.1) is 10.4 Å². The molecule has 2 aromatic rings. The minimum Gasteiger partial charge on any atom is -0.306 e. The lowest BCUT2D eigenvalue weighted by atomic mass is 10.00. The van der Waals surface area contributed by atoms with Gasteiger partial charge in [-0.1, -0.05) is 36.7 Å². The van der Waals surface area contributed by atoms with E-state index < -0.39 is 0 Å². The van der Waals surface area contributed by atoms with E-state index in [2.05, 4.69) is 50.4 Å². The second-order valence-electron chi connectivity index (χ2n) is 4.48. The molecule has 1 N–H and O–H groups in total. The predicted molar refractivity (Wildman–Crippen MR) is 80.8 cm³/mol. The van der Waals surface area contributed by atoms with Crippen molar-refractivity contribution in [2.45, 2.75) is 26.8 Å². The first-order valence-electron chi connectivity index (χ1n) is 6.17. The first-order chi connectivity index (χ1) is 8.61. The second kappa shape index (κ2) is 5.87. The molecule has 96 valence electrons. The van der Waals surface area contributed by atoms with Gasteiger partial charge >= 0.3 is 0 Å². The van der Waals surface area contributed by atoms with Crippen molar-refractivity contribution < 1.29 is 0 Å². The molecule has 0 saturated carbocycles. The first kappa shape index (κ1) is 13.6. The minimum atomic E-state index is 0.242. The summed E-state index contributed by atoms with van der Waals surface area (Å²) in [7, 11) is 0. The molecule has 1 aromatic carbocycles. The van der Waals surface area contributed by atoms with E-state index in [0.717, 1.165) is 10.9 Å². The average molecular weight is 280 g/mol. The van der Waals surface area contributed by atoms with Gasteiger partial charge in [-0.2, -0.15) is 0 Å². The van der Waals surface area contributed by atoms with Crippen LogP contribution in [0.4, 0.5) is 0 Å². The van der Waals surface area contributed by atoms with Gasteiger partial charge in [0.25, 0.3) is 0 Å². The Morgan fingerprint density at radius 3 is 2.50 bits per heavy atom. The molecule has 1 nitrogen and oxygen atoms in total. The van der Waals surface area contributed by atoms with E-state index in [1.807, 2.05) is 6.07 Å². The molecule has 2 rings (SSSR count). The summed E-state index contributed by atoms with van der Waals surface area (Å²) in [4.78, 5) is 1.27. The maximum absolute atomic E-state index is 6.04. The highest BCUT2D eigenvalue weighted by Crippen LogP contribution is 2.31. The number of nitrogens with one attached hydrogen (secondary N) is 1. The fourth-order valence-electron chi connectivity index (χ4n) is 2.01. The van der Waals surface area contributed by atoms with Crippen molar-refractivity contribution in [1.29, 1.82) is 0 Å². The summed E-state index contributed by atoms with van der Waals surface area (Å²) in [5, 5.41) is 3.53. The molecule has 18 heavy (non-hydrogen) atoms. The lowest BCUT2D eigenvalue weighted by Gasteiger charge is -2.18. The van der Waals surface area contributed by atoms with Crippen LogP contribution in [0, 0.1) is 13.8 Å². The Morgan fingerprint density at radius 1 is 1.17 bits per heavy atom. The fraction of sp³-hybridized carbons (Fsp3) is 0.333. The van der Waals surface area contributed by atoms with Crippen LogP contribution in [0.3, 0.4) is 0 Å². The van der Waals surface area contributed by atoms with Crippen molar-refractivity contribution in [2.24, 2.45) is 0 Å². The molecule has 1 heterocycles. The number of thiophene rings is 1. The largest absolute Gasteiger partial charge is 0.306 e. The van der Waals surface area contributed by atoms with Crippen molar-refractivity contribution in [3.05, 3.63) is 56.2 Å². The van der Waals surface area contributed by atoms with Crippen LogP contribution in [-0.4, -0.2) is 6.54 Å². The van der Waals surface area contributed by atoms with Gasteiger partial charge < -0.3 is 5.32 Å². The Morgan fingerprint density at radius 2 is 1.94 bits per heavy atom. The normalized spacial score (nSPS) is 12.7. The molecule has 0 radical (unpaired) electrons. The summed E-state index contributed by atoms with van der Waals surface area (Å²) in [6.07, 6.45) is 0. The lowest BCUT2D eigenvalue weighted by molar-refractivity contribution is 0.639. The van der Waals surface area contributed by atoms with Crippen LogP contribution in [0.2, 0.25) is 4.34 Å². The van der Waals surface area contributed by atoms with Gasteiger partial charge in [-0.05, 0) is 49.2 Å². The predicted octanol–water partition coefficient (Wildman–Crippen LogP) is 4.72. The zero-order valence-corrected chi connectivity index (χ0v) is 12.5. The van der Waals surface area contributed by atoms with Crippen LogP contribution >= 0.6 is 22.9 Å². The highest BCUT2D eigenvalue weighted by atomic mass is 35.5. The SMILES string of the molecule is CCNC(c1ccc(C)c(C)c1)c1ccc(Cl)s1. The number of rotatable bonds is 4. The first-order valence-corrected chi connectivity index (χ1v) is 7.37. The zero-order valence-electron chi connectivity index (χ0n) is 11.0. The number of benzene rings is 1. The summed E-state index contributed by atoms with van der Waals surface area (Å²) in [6, 6.07) is 11.0. The maximum atomic E-state index is 6.04. The molecular formula is C15H18ClNS. The topological polar surface area (TPSA) is 12.0 Å². The molecule has 3 heteroatoms. The van der Waals surface area contributed by atoms with Crippen LogP contribution in [0.25, 0.3) is 0 Å². The molecule has 0 spiro atoms. The molecule has 0 aliphatic carbocycles. The Labute approximate surface area is 118 Å². The van der Waals surface area contributed by atoms with E-state index in [4.69, 9.17) is 11.6 Å². The van der Waals surface area contributed by atoms with Gasteiger partial charge in [0, 0.05) is 4.88 Å². The average Bonchev–Trinajstić information content (AvgIpc) is 2.76. The quantitative estimate of drug-likeness (QED) is 0.854. The summed E-state index contributed by atoms with van der Waals surface area (Å²) < 4.78 is 0.844. The summed E-state index contributed by atoms with van der Waals surface area (Å²) in [5.41, 5.74) is 3.97. The molecule has 0 amide bonds. The third-order valence-corrected chi connectivity index (χ3v) is 4.45. The Balaban J connectivity index is 2.37. The Hall–Kier alpha value is -0.830. The monoisotopic (exact) mass is 279 g/mol. The molecular weight excluding hydrogens is 262 g/mol. The molecule has 1 atom stereocenters.